The Morgan fingerprint density at radius 3 is 2.79 bits per heavy atom. The number of carbonyl (C=O) groups is 1. The minimum absolute atomic E-state index is 0. The fourth-order valence-electron chi connectivity index (χ4n) is 2.97. The Balaban J connectivity index is 0.00000133. The number of hydrogen-bond donors (Lipinski definition) is 2. The summed E-state index contributed by atoms with van der Waals surface area (Å²) in [6, 6.07) is 3.83. The molecule has 5 heteroatoms. The molecule has 0 aromatic carbocycles. The molecular formula is C14H20ClN3O. The molecule has 1 atom stereocenters. The van der Waals surface area contributed by atoms with Gasteiger partial charge in [-0.3, -0.25) is 9.78 Å². The highest BCUT2D eigenvalue weighted by Gasteiger charge is 2.57. The van der Waals surface area contributed by atoms with E-state index in [2.05, 4.69) is 15.6 Å². The molecule has 4 nitrogen and oxygen atoms in total. The third-order valence-electron chi connectivity index (χ3n) is 4.28. The van der Waals surface area contributed by atoms with Gasteiger partial charge in [-0.15, -0.1) is 12.4 Å². The van der Waals surface area contributed by atoms with Crippen LogP contribution in [0.1, 0.15) is 25.0 Å². The third kappa shape index (κ3) is 2.90. The van der Waals surface area contributed by atoms with Crippen LogP contribution in [0.25, 0.3) is 0 Å². The molecule has 104 valence electrons. The molecule has 1 aliphatic heterocycles. The van der Waals surface area contributed by atoms with Crippen LogP contribution in [0, 0.1) is 18.3 Å². The van der Waals surface area contributed by atoms with Crippen molar-refractivity contribution in [1.82, 2.24) is 10.3 Å². The number of rotatable bonds is 2. The molecule has 1 amide bonds. The second-order valence-electron chi connectivity index (χ2n) is 5.55. The lowest BCUT2D eigenvalue weighted by molar-refractivity contribution is -0.118. The van der Waals surface area contributed by atoms with Gasteiger partial charge in [0.2, 0.25) is 5.91 Å². The first-order valence-electron chi connectivity index (χ1n) is 6.64. The summed E-state index contributed by atoms with van der Waals surface area (Å²) in [6.07, 6.45) is 5.05. The smallest absolute Gasteiger partial charge is 0.228 e. The van der Waals surface area contributed by atoms with Crippen molar-refractivity contribution in [3.05, 3.63) is 24.0 Å². The number of anilines is 1. The summed E-state index contributed by atoms with van der Waals surface area (Å²) < 4.78 is 0. The molecule has 1 aromatic heterocycles. The number of piperidine rings is 1. The van der Waals surface area contributed by atoms with Crippen LogP contribution in [0.4, 0.5) is 5.69 Å². The van der Waals surface area contributed by atoms with Crippen LogP contribution in [-0.4, -0.2) is 24.0 Å². The molecule has 1 unspecified atom stereocenters. The van der Waals surface area contributed by atoms with Gasteiger partial charge < -0.3 is 10.6 Å². The number of halogens is 1. The number of nitrogens with one attached hydrogen (secondary N) is 2. The first kappa shape index (κ1) is 14.3. The second-order valence-corrected chi connectivity index (χ2v) is 5.55. The van der Waals surface area contributed by atoms with Crippen molar-refractivity contribution in [3.8, 4) is 0 Å². The average Bonchev–Trinajstić information content (AvgIpc) is 3.07. The molecule has 2 heterocycles. The van der Waals surface area contributed by atoms with Crippen LogP contribution in [0.5, 0.6) is 0 Å². The first-order chi connectivity index (χ1) is 8.70. The van der Waals surface area contributed by atoms with Gasteiger partial charge in [0.1, 0.15) is 0 Å². The predicted molar refractivity (Wildman–Crippen MR) is 77.5 cm³/mol. The van der Waals surface area contributed by atoms with Crippen LogP contribution in [0.3, 0.4) is 0 Å². The zero-order valence-electron chi connectivity index (χ0n) is 11.1. The zero-order chi connectivity index (χ0) is 12.6. The summed E-state index contributed by atoms with van der Waals surface area (Å²) in [7, 11) is 0. The van der Waals surface area contributed by atoms with E-state index in [-0.39, 0.29) is 24.2 Å². The minimum Gasteiger partial charge on any atom is -0.324 e. The molecule has 1 spiro atoms. The minimum atomic E-state index is 0. The van der Waals surface area contributed by atoms with Crippen molar-refractivity contribution < 1.29 is 4.79 Å². The van der Waals surface area contributed by atoms with Crippen LogP contribution in [0.2, 0.25) is 0 Å². The molecule has 1 saturated carbocycles. The average molecular weight is 282 g/mol. The Kier molecular flexibility index (Phi) is 4.11. The number of aromatic nitrogens is 1. The summed E-state index contributed by atoms with van der Waals surface area (Å²) in [5, 5.41) is 6.33. The molecule has 0 radical (unpaired) electrons. The monoisotopic (exact) mass is 281 g/mol. The van der Waals surface area contributed by atoms with E-state index in [4.69, 9.17) is 0 Å². The molecule has 1 aliphatic carbocycles. The molecule has 1 aromatic rings. The first-order valence-corrected chi connectivity index (χ1v) is 6.64. The lowest BCUT2D eigenvalue weighted by Crippen LogP contribution is -2.31. The van der Waals surface area contributed by atoms with Crippen LogP contribution < -0.4 is 10.6 Å². The third-order valence-corrected chi connectivity index (χ3v) is 4.28. The Hall–Kier alpha value is -1.13. The van der Waals surface area contributed by atoms with Gasteiger partial charge in [0.15, 0.2) is 0 Å². The Morgan fingerprint density at radius 2 is 2.16 bits per heavy atom. The molecular weight excluding hydrogens is 262 g/mol. The van der Waals surface area contributed by atoms with Gasteiger partial charge in [0.25, 0.3) is 0 Å². The van der Waals surface area contributed by atoms with E-state index >= 15 is 0 Å². The lowest BCUT2D eigenvalue weighted by atomic mass is 9.92. The van der Waals surface area contributed by atoms with Gasteiger partial charge in [-0.25, -0.2) is 0 Å². The van der Waals surface area contributed by atoms with Gasteiger partial charge in [-0.05, 0) is 56.8 Å². The quantitative estimate of drug-likeness (QED) is 0.873. The predicted octanol–water partition coefficient (Wildman–Crippen LogP) is 2.14. The maximum Gasteiger partial charge on any atom is 0.228 e. The summed E-state index contributed by atoms with van der Waals surface area (Å²) in [4.78, 5) is 16.4. The van der Waals surface area contributed by atoms with Crippen LogP contribution in [-0.2, 0) is 4.79 Å². The lowest BCUT2D eigenvalue weighted by Gasteiger charge is -2.23. The van der Waals surface area contributed by atoms with E-state index < -0.39 is 0 Å². The maximum absolute atomic E-state index is 12.2. The number of hydrogen-bond acceptors (Lipinski definition) is 3. The second kappa shape index (κ2) is 5.47. The molecule has 2 fully saturated rings. The van der Waals surface area contributed by atoms with E-state index in [0.29, 0.717) is 5.41 Å². The number of nitrogens with zero attached hydrogens (tertiary/aromatic N) is 1. The molecule has 3 rings (SSSR count). The van der Waals surface area contributed by atoms with Crippen molar-refractivity contribution in [2.24, 2.45) is 11.3 Å². The summed E-state index contributed by atoms with van der Waals surface area (Å²) >= 11 is 0. The van der Waals surface area contributed by atoms with Gasteiger partial charge >= 0.3 is 0 Å². The van der Waals surface area contributed by atoms with Gasteiger partial charge in [0, 0.05) is 11.6 Å². The fourth-order valence-corrected chi connectivity index (χ4v) is 2.97. The Labute approximate surface area is 119 Å². The number of pyridine rings is 1. The van der Waals surface area contributed by atoms with E-state index in [9.17, 15) is 4.79 Å². The molecule has 19 heavy (non-hydrogen) atoms. The topological polar surface area (TPSA) is 54.0 Å². The Bertz CT molecular complexity index is 454. The highest BCUT2D eigenvalue weighted by molar-refractivity contribution is 5.95. The van der Waals surface area contributed by atoms with Crippen molar-refractivity contribution in [2.75, 3.05) is 18.4 Å². The standard InChI is InChI=1S/C14H19N3O.ClH/c1-10-2-3-11(9-16-10)17-13(18)12-8-14(12)4-6-15-7-5-14;/h2-3,9,12,15H,4-8H2,1H3,(H,17,18);1H. The number of aryl methyl sites for hydroxylation is 1. The maximum atomic E-state index is 12.2. The summed E-state index contributed by atoms with van der Waals surface area (Å²) in [5.41, 5.74) is 2.07. The molecule has 2 N–H and O–H groups in total. The van der Waals surface area contributed by atoms with Gasteiger partial charge in [-0.1, -0.05) is 0 Å². The van der Waals surface area contributed by atoms with E-state index in [1.54, 1.807) is 6.20 Å². The number of carbonyl (C=O) groups excluding carboxylic acids is 1. The SMILES string of the molecule is Cc1ccc(NC(=O)C2CC23CCNCC3)cn1.Cl. The van der Waals surface area contributed by atoms with Gasteiger partial charge in [0.05, 0.1) is 11.9 Å². The van der Waals surface area contributed by atoms with E-state index in [1.165, 1.54) is 0 Å². The molecule has 0 bridgehead atoms. The normalized spacial score (nSPS) is 23.5. The summed E-state index contributed by atoms with van der Waals surface area (Å²) in [5.74, 6) is 0.378. The largest absolute Gasteiger partial charge is 0.324 e. The zero-order valence-corrected chi connectivity index (χ0v) is 11.9. The van der Waals surface area contributed by atoms with Crippen LogP contribution >= 0.6 is 12.4 Å². The number of amides is 1. The summed E-state index contributed by atoms with van der Waals surface area (Å²) in [6.45, 7) is 4.04. The molecule has 2 aliphatic rings. The highest BCUT2D eigenvalue weighted by Crippen LogP contribution is 2.58. The van der Waals surface area contributed by atoms with Crippen molar-refractivity contribution in [3.63, 3.8) is 0 Å². The van der Waals surface area contributed by atoms with E-state index in [1.807, 2.05) is 19.1 Å². The van der Waals surface area contributed by atoms with Crippen molar-refractivity contribution >= 4 is 24.0 Å². The van der Waals surface area contributed by atoms with Crippen LogP contribution in [0.15, 0.2) is 18.3 Å². The highest BCUT2D eigenvalue weighted by atomic mass is 35.5. The van der Waals surface area contributed by atoms with Crippen molar-refractivity contribution in [1.29, 1.82) is 0 Å². The van der Waals surface area contributed by atoms with Gasteiger partial charge in [-0.2, -0.15) is 0 Å². The van der Waals surface area contributed by atoms with E-state index in [0.717, 1.165) is 43.7 Å². The van der Waals surface area contributed by atoms with Crippen molar-refractivity contribution in [2.45, 2.75) is 26.2 Å². The molecule has 1 saturated heterocycles. The fraction of sp³-hybridized carbons (Fsp3) is 0.571. The Morgan fingerprint density at radius 1 is 1.42 bits per heavy atom.